The molecule has 1 amide bonds. The van der Waals surface area contributed by atoms with Crippen LogP contribution in [0.15, 0.2) is 76.2 Å². The van der Waals surface area contributed by atoms with Crippen molar-refractivity contribution in [2.45, 2.75) is 60.5 Å². The summed E-state index contributed by atoms with van der Waals surface area (Å²) in [6.45, 7) is 0. The predicted molar refractivity (Wildman–Crippen MR) is 148 cm³/mol. The molecule has 0 spiro atoms. The van der Waals surface area contributed by atoms with Crippen LogP contribution in [-0.4, -0.2) is 42.3 Å². The number of hydrogen-bond acceptors (Lipinski definition) is 6. The number of nitrogens with two attached hydrogens (primary N) is 1. The molecule has 3 atom stereocenters. The first kappa shape index (κ1) is 28.9. The number of fused-ring (bicyclic) bond motifs is 2. The van der Waals surface area contributed by atoms with Crippen LogP contribution in [0.3, 0.4) is 0 Å². The maximum atomic E-state index is 16.5. The van der Waals surface area contributed by atoms with Gasteiger partial charge in [-0.05, 0) is 60.9 Å². The van der Waals surface area contributed by atoms with Crippen molar-refractivity contribution in [2.75, 3.05) is 0 Å². The van der Waals surface area contributed by atoms with Crippen LogP contribution in [0.4, 0.5) is 8.78 Å². The molecular formula is C27H26BrClF2N4O4S. The molecule has 3 heterocycles. The maximum Gasteiger partial charge on any atom is 0.288 e. The summed E-state index contributed by atoms with van der Waals surface area (Å²) < 4.78 is 59.1. The Labute approximate surface area is 244 Å². The molecule has 1 aromatic heterocycles. The molecule has 0 unspecified atom stereocenters. The lowest BCUT2D eigenvalue weighted by Gasteiger charge is -2.41. The second kappa shape index (κ2) is 11.3. The number of halogens is 4. The molecule has 5 rings (SSSR count). The van der Waals surface area contributed by atoms with E-state index < -0.39 is 39.2 Å². The summed E-state index contributed by atoms with van der Waals surface area (Å²) in [5.74, 6) is -7.21. The van der Waals surface area contributed by atoms with Crippen molar-refractivity contribution in [1.29, 1.82) is 0 Å². The number of carbonyl (C=O) groups is 1. The number of benzene rings is 2. The quantitative estimate of drug-likeness (QED) is 0.326. The van der Waals surface area contributed by atoms with E-state index in [0.717, 1.165) is 12.3 Å². The molecule has 40 heavy (non-hydrogen) atoms. The Morgan fingerprint density at radius 1 is 1.12 bits per heavy atom. The third kappa shape index (κ3) is 5.73. The first-order chi connectivity index (χ1) is 19.0. The lowest BCUT2D eigenvalue weighted by atomic mass is 9.85. The van der Waals surface area contributed by atoms with E-state index in [1.165, 1.54) is 53.4 Å². The molecule has 212 valence electrons. The van der Waals surface area contributed by atoms with Crippen LogP contribution in [-0.2, 0) is 20.7 Å². The Kier molecular flexibility index (Phi) is 8.17. The van der Waals surface area contributed by atoms with Gasteiger partial charge in [0.25, 0.3) is 15.9 Å². The van der Waals surface area contributed by atoms with Gasteiger partial charge in [0.2, 0.25) is 11.8 Å². The molecule has 2 aliphatic heterocycles. The fourth-order valence-corrected chi connectivity index (χ4v) is 6.76. The third-order valence-corrected chi connectivity index (χ3v) is 9.25. The summed E-state index contributed by atoms with van der Waals surface area (Å²) in [7, 11) is -4.21. The number of pyridine rings is 1. The molecule has 0 aliphatic carbocycles. The first-order valence-corrected chi connectivity index (χ1v) is 15.2. The minimum atomic E-state index is -4.21. The van der Waals surface area contributed by atoms with Crippen LogP contribution in [0.5, 0.6) is 5.88 Å². The number of sulfonamides is 1. The highest BCUT2D eigenvalue weighted by Crippen LogP contribution is 2.48. The Hall–Kier alpha value is -2.64. The van der Waals surface area contributed by atoms with Crippen molar-refractivity contribution in [3.63, 3.8) is 0 Å². The Bertz CT molecular complexity index is 1480. The van der Waals surface area contributed by atoms with Crippen LogP contribution in [0.25, 0.3) is 0 Å². The fraction of sp³-hybridized carbons (Fsp3) is 0.333. The van der Waals surface area contributed by atoms with Gasteiger partial charge in [0.15, 0.2) is 0 Å². The van der Waals surface area contributed by atoms with Gasteiger partial charge < -0.3 is 15.5 Å². The van der Waals surface area contributed by atoms with Crippen molar-refractivity contribution in [3.8, 4) is 5.88 Å². The molecule has 0 radical (unpaired) electrons. The number of amides is 1. The zero-order chi connectivity index (χ0) is 28.7. The molecule has 2 aromatic carbocycles. The normalized spacial score (nSPS) is 21.7. The van der Waals surface area contributed by atoms with Gasteiger partial charge in [-0.15, -0.1) is 0 Å². The molecule has 2 fully saturated rings. The van der Waals surface area contributed by atoms with Crippen molar-refractivity contribution in [2.24, 2.45) is 5.73 Å². The molecule has 3 aromatic rings. The van der Waals surface area contributed by atoms with Crippen LogP contribution in [0.1, 0.15) is 42.7 Å². The van der Waals surface area contributed by atoms with E-state index in [1.54, 1.807) is 6.07 Å². The molecule has 3 N–H and O–H groups in total. The molecule has 13 heteroatoms. The van der Waals surface area contributed by atoms with E-state index in [4.69, 9.17) is 22.2 Å². The molecular weight excluding hydrogens is 630 g/mol. The van der Waals surface area contributed by atoms with Gasteiger partial charge in [0.05, 0.1) is 9.92 Å². The topological polar surface area (TPSA) is 115 Å². The minimum absolute atomic E-state index is 0.0266. The zero-order valence-electron chi connectivity index (χ0n) is 21.0. The average molecular weight is 656 g/mol. The van der Waals surface area contributed by atoms with Gasteiger partial charge in [-0.1, -0.05) is 57.9 Å². The molecule has 2 aliphatic rings. The number of nitrogens with zero attached hydrogens (tertiary/aromatic N) is 2. The smallest absolute Gasteiger partial charge is 0.288 e. The maximum absolute atomic E-state index is 16.5. The highest BCUT2D eigenvalue weighted by molar-refractivity contribution is 9.10. The summed E-state index contributed by atoms with van der Waals surface area (Å²) >= 11 is 9.44. The predicted octanol–water partition coefficient (Wildman–Crippen LogP) is 5.13. The number of hydrogen-bond donors (Lipinski definition) is 2. The molecule has 2 bridgehead atoms. The molecule has 2 saturated heterocycles. The highest BCUT2D eigenvalue weighted by Gasteiger charge is 2.54. The fourth-order valence-electron chi connectivity index (χ4n) is 5.53. The van der Waals surface area contributed by atoms with Crippen molar-refractivity contribution >= 4 is 43.5 Å². The Balaban J connectivity index is 1.58. The monoisotopic (exact) mass is 654 g/mol. The van der Waals surface area contributed by atoms with E-state index in [2.05, 4.69) is 20.9 Å². The highest BCUT2D eigenvalue weighted by atomic mass is 79.9. The van der Waals surface area contributed by atoms with E-state index >= 15 is 8.78 Å². The number of carbonyl (C=O) groups excluding carboxylic acids is 1. The van der Waals surface area contributed by atoms with Crippen LogP contribution in [0.2, 0.25) is 5.02 Å². The largest absolute Gasteiger partial charge is 0.373 e. The van der Waals surface area contributed by atoms with Crippen LogP contribution in [0, 0.1) is 0 Å². The van der Waals surface area contributed by atoms with Crippen molar-refractivity contribution in [1.82, 2.24) is 14.8 Å². The van der Waals surface area contributed by atoms with Crippen molar-refractivity contribution < 1.29 is 26.8 Å². The van der Waals surface area contributed by atoms with Crippen LogP contribution >= 0.6 is 27.5 Å². The summed E-state index contributed by atoms with van der Waals surface area (Å²) in [6.07, 6.45) is 3.46. The second-order valence-corrected chi connectivity index (χ2v) is 13.0. The van der Waals surface area contributed by atoms with Gasteiger partial charge in [-0.25, -0.2) is 22.2 Å². The lowest BCUT2D eigenvalue weighted by Crippen LogP contribution is -2.53. The second-order valence-electron chi connectivity index (χ2n) is 9.97. The Morgan fingerprint density at radius 3 is 2.38 bits per heavy atom. The summed E-state index contributed by atoms with van der Waals surface area (Å²) in [6, 6.07) is 13.2. The van der Waals surface area contributed by atoms with Gasteiger partial charge in [-0.3, -0.25) is 4.79 Å². The van der Waals surface area contributed by atoms with Gasteiger partial charge in [0, 0.05) is 39.9 Å². The SMILES string of the molecule is NC1C[C@@H]2CC[C@@H](C1)N2C(=O)[C@H](c1cc(Cl)cnc1ONS(=O)(=O)c1ccccc1)C(F)(F)c1ccc(Br)cc1. The van der Waals surface area contributed by atoms with E-state index in [9.17, 15) is 13.2 Å². The summed E-state index contributed by atoms with van der Waals surface area (Å²) in [4.78, 5) is 26.8. The van der Waals surface area contributed by atoms with E-state index in [1.807, 2.05) is 4.89 Å². The number of aromatic nitrogens is 1. The average Bonchev–Trinajstić information content (AvgIpc) is 3.19. The lowest BCUT2D eigenvalue weighted by molar-refractivity contribution is -0.148. The van der Waals surface area contributed by atoms with Crippen LogP contribution < -0.4 is 15.5 Å². The van der Waals surface area contributed by atoms with Crippen molar-refractivity contribution in [3.05, 3.63) is 87.5 Å². The van der Waals surface area contributed by atoms with Gasteiger partial charge in [0.1, 0.15) is 5.92 Å². The Morgan fingerprint density at radius 2 is 1.75 bits per heavy atom. The molecule has 8 nitrogen and oxygen atoms in total. The number of alkyl halides is 2. The first-order valence-electron chi connectivity index (χ1n) is 12.6. The van der Waals surface area contributed by atoms with Gasteiger partial charge >= 0.3 is 0 Å². The summed E-state index contributed by atoms with van der Waals surface area (Å²) in [5.41, 5.74) is 5.40. The van der Waals surface area contributed by atoms with Gasteiger partial charge in [-0.2, -0.15) is 0 Å². The minimum Gasteiger partial charge on any atom is -0.373 e. The number of nitrogens with one attached hydrogen (secondary N) is 1. The third-order valence-electron chi connectivity index (χ3n) is 7.32. The van der Waals surface area contributed by atoms with E-state index in [-0.39, 0.29) is 33.6 Å². The molecule has 0 saturated carbocycles. The number of piperidine rings is 1. The standard InChI is InChI=1S/C27H26BrClF2N4O4S/c28-17-8-6-16(7-9-17)27(30,31)24(26(36)35-20-10-11-21(35)14-19(32)13-20)23-12-18(29)15-33-25(23)39-34-40(37,38)22-4-2-1-3-5-22/h1-9,12,15,19-21,24,34H,10-11,13-14,32H2/t20-,21-,24-/m0/s1. The summed E-state index contributed by atoms with van der Waals surface area (Å²) in [5, 5.41) is -0.0266. The van der Waals surface area contributed by atoms with E-state index in [0.29, 0.717) is 30.2 Å². The zero-order valence-corrected chi connectivity index (χ0v) is 24.2. The number of rotatable bonds is 8.